The Kier molecular flexibility index (Phi) is 3.07. The second-order valence-electron chi connectivity index (χ2n) is 4.95. The van der Waals surface area contributed by atoms with Crippen LogP contribution >= 0.6 is 0 Å². The molecule has 1 amide bonds. The first-order chi connectivity index (χ1) is 9.25. The number of pyridine rings is 1. The monoisotopic (exact) mass is 256 g/mol. The Labute approximate surface area is 111 Å². The molecule has 0 unspecified atom stereocenters. The molecule has 0 spiro atoms. The largest absolute Gasteiger partial charge is 0.337 e. The Morgan fingerprint density at radius 1 is 1.11 bits per heavy atom. The lowest BCUT2D eigenvalue weighted by atomic mass is 10.1. The van der Waals surface area contributed by atoms with Crippen molar-refractivity contribution in [2.45, 2.75) is 19.3 Å². The predicted octanol–water partition coefficient (Wildman–Crippen LogP) is 2.15. The fraction of sp³-hybridized carbons (Fsp3) is 0.333. The Morgan fingerprint density at radius 3 is 2.63 bits per heavy atom. The van der Waals surface area contributed by atoms with E-state index in [1.165, 1.54) is 6.42 Å². The molecule has 1 aromatic heterocycles. The summed E-state index contributed by atoms with van der Waals surface area (Å²) in [5, 5.41) is 1.43. The van der Waals surface area contributed by atoms with E-state index in [0.29, 0.717) is 11.1 Å². The van der Waals surface area contributed by atoms with Crippen molar-refractivity contribution in [3.05, 3.63) is 46.4 Å². The molecule has 1 aromatic carbocycles. The number of benzene rings is 1. The van der Waals surface area contributed by atoms with Crippen LogP contribution in [0.1, 0.15) is 29.8 Å². The van der Waals surface area contributed by atoms with Crippen molar-refractivity contribution < 1.29 is 4.79 Å². The maximum Gasteiger partial charge on any atom is 0.270 e. The molecule has 2 heterocycles. The number of aromatic nitrogens is 1. The zero-order valence-corrected chi connectivity index (χ0v) is 10.7. The number of hydrogen-bond donors (Lipinski definition) is 1. The Hall–Kier alpha value is -2.10. The van der Waals surface area contributed by atoms with Crippen LogP contribution in [0.15, 0.2) is 35.1 Å². The molecule has 1 aliphatic heterocycles. The number of carbonyl (C=O) groups is 1. The molecular formula is C15H16N2O2. The lowest BCUT2D eigenvalue weighted by Gasteiger charge is -2.26. The van der Waals surface area contributed by atoms with Crippen LogP contribution in [0, 0.1) is 0 Å². The van der Waals surface area contributed by atoms with Crippen LogP contribution in [0.4, 0.5) is 0 Å². The standard InChI is InChI=1S/C15H16N2O2/c18-14-12-7-3-2-6-11(12)10-13(16-14)15(19)17-8-4-1-5-9-17/h2-3,6-7,10H,1,4-5,8-9H2,(H,16,18). The van der Waals surface area contributed by atoms with Gasteiger partial charge in [0.2, 0.25) is 0 Å². The van der Waals surface area contributed by atoms with Crippen LogP contribution in [0.2, 0.25) is 0 Å². The van der Waals surface area contributed by atoms with Gasteiger partial charge >= 0.3 is 0 Å². The normalized spacial score (nSPS) is 15.7. The van der Waals surface area contributed by atoms with Crippen LogP contribution in [-0.2, 0) is 0 Å². The van der Waals surface area contributed by atoms with E-state index in [1.807, 2.05) is 23.1 Å². The number of fused-ring (bicyclic) bond motifs is 1. The molecule has 1 N–H and O–H groups in total. The predicted molar refractivity (Wildman–Crippen MR) is 74.3 cm³/mol. The van der Waals surface area contributed by atoms with Crippen molar-refractivity contribution in [2.75, 3.05) is 13.1 Å². The quantitative estimate of drug-likeness (QED) is 0.850. The molecule has 98 valence electrons. The van der Waals surface area contributed by atoms with Crippen LogP contribution in [0.25, 0.3) is 10.8 Å². The number of likely N-dealkylation sites (tertiary alicyclic amines) is 1. The third-order valence-electron chi connectivity index (χ3n) is 3.63. The first-order valence-electron chi connectivity index (χ1n) is 6.67. The lowest BCUT2D eigenvalue weighted by molar-refractivity contribution is 0.0718. The first-order valence-corrected chi connectivity index (χ1v) is 6.67. The summed E-state index contributed by atoms with van der Waals surface area (Å²) >= 11 is 0. The van der Waals surface area contributed by atoms with Crippen LogP contribution < -0.4 is 5.56 Å². The summed E-state index contributed by atoms with van der Waals surface area (Å²) in [6, 6.07) is 9.09. The van der Waals surface area contributed by atoms with E-state index in [-0.39, 0.29) is 11.5 Å². The van der Waals surface area contributed by atoms with Gasteiger partial charge in [-0.1, -0.05) is 18.2 Å². The third kappa shape index (κ3) is 2.26. The van der Waals surface area contributed by atoms with Gasteiger partial charge in [0, 0.05) is 18.5 Å². The topological polar surface area (TPSA) is 53.2 Å². The maximum absolute atomic E-state index is 12.4. The Morgan fingerprint density at radius 2 is 1.84 bits per heavy atom. The smallest absolute Gasteiger partial charge is 0.270 e. The number of H-pyrrole nitrogens is 1. The van der Waals surface area contributed by atoms with E-state index in [0.717, 1.165) is 31.3 Å². The number of aromatic amines is 1. The lowest BCUT2D eigenvalue weighted by Crippen LogP contribution is -2.36. The average molecular weight is 256 g/mol. The van der Waals surface area contributed by atoms with Gasteiger partial charge in [-0.25, -0.2) is 0 Å². The minimum absolute atomic E-state index is 0.0671. The number of nitrogens with zero attached hydrogens (tertiary/aromatic N) is 1. The summed E-state index contributed by atoms with van der Waals surface area (Å²) in [7, 11) is 0. The summed E-state index contributed by atoms with van der Waals surface area (Å²) < 4.78 is 0. The van der Waals surface area contributed by atoms with Crippen molar-refractivity contribution >= 4 is 16.7 Å². The highest BCUT2D eigenvalue weighted by atomic mass is 16.2. The minimum Gasteiger partial charge on any atom is -0.337 e. The number of piperidine rings is 1. The van der Waals surface area contributed by atoms with Gasteiger partial charge in [0.15, 0.2) is 0 Å². The van der Waals surface area contributed by atoms with E-state index < -0.39 is 0 Å². The number of amides is 1. The summed E-state index contributed by atoms with van der Waals surface area (Å²) in [5.74, 6) is -0.0671. The van der Waals surface area contributed by atoms with Crippen molar-refractivity contribution in [2.24, 2.45) is 0 Å². The highest BCUT2D eigenvalue weighted by molar-refractivity contribution is 5.96. The van der Waals surface area contributed by atoms with Gasteiger partial charge < -0.3 is 9.88 Å². The van der Waals surface area contributed by atoms with Crippen molar-refractivity contribution in [3.63, 3.8) is 0 Å². The highest BCUT2D eigenvalue weighted by Gasteiger charge is 2.19. The van der Waals surface area contributed by atoms with Gasteiger partial charge in [-0.05, 0) is 36.8 Å². The molecule has 19 heavy (non-hydrogen) atoms. The second kappa shape index (κ2) is 4.88. The van der Waals surface area contributed by atoms with Gasteiger partial charge in [-0.15, -0.1) is 0 Å². The van der Waals surface area contributed by atoms with E-state index in [4.69, 9.17) is 0 Å². The number of carbonyl (C=O) groups excluding carboxylic acids is 1. The van der Waals surface area contributed by atoms with Crippen LogP contribution in [0.3, 0.4) is 0 Å². The van der Waals surface area contributed by atoms with Crippen molar-refractivity contribution in [1.82, 2.24) is 9.88 Å². The van der Waals surface area contributed by atoms with Gasteiger partial charge in [-0.3, -0.25) is 9.59 Å². The summed E-state index contributed by atoms with van der Waals surface area (Å²) in [6.45, 7) is 1.57. The SMILES string of the molecule is O=C(c1cc2ccccc2c(=O)[nH]1)N1CCCCC1. The summed E-state index contributed by atoms with van der Waals surface area (Å²) in [4.78, 5) is 28.8. The van der Waals surface area contributed by atoms with Gasteiger partial charge in [-0.2, -0.15) is 0 Å². The molecule has 2 aromatic rings. The molecule has 4 nitrogen and oxygen atoms in total. The molecule has 4 heteroatoms. The van der Waals surface area contributed by atoms with Gasteiger partial charge in [0.1, 0.15) is 5.69 Å². The summed E-state index contributed by atoms with van der Waals surface area (Å²) in [6.07, 6.45) is 3.27. The summed E-state index contributed by atoms with van der Waals surface area (Å²) in [5.41, 5.74) is 0.198. The molecule has 0 aliphatic carbocycles. The zero-order valence-electron chi connectivity index (χ0n) is 10.7. The molecule has 3 rings (SSSR count). The fourth-order valence-corrected chi connectivity index (χ4v) is 2.59. The number of rotatable bonds is 1. The third-order valence-corrected chi connectivity index (χ3v) is 3.63. The fourth-order valence-electron chi connectivity index (χ4n) is 2.59. The first kappa shape index (κ1) is 12.0. The van der Waals surface area contributed by atoms with E-state index in [1.54, 1.807) is 12.1 Å². The molecule has 1 saturated heterocycles. The Balaban J connectivity index is 2.00. The Bertz CT molecular complexity index is 669. The van der Waals surface area contributed by atoms with E-state index >= 15 is 0 Å². The molecule has 1 fully saturated rings. The highest BCUT2D eigenvalue weighted by Crippen LogP contribution is 2.14. The zero-order chi connectivity index (χ0) is 13.2. The van der Waals surface area contributed by atoms with Gasteiger partial charge in [0.25, 0.3) is 11.5 Å². The molecule has 0 radical (unpaired) electrons. The number of nitrogens with one attached hydrogen (secondary N) is 1. The second-order valence-corrected chi connectivity index (χ2v) is 4.95. The van der Waals surface area contributed by atoms with Crippen LogP contribution in [0.5, 0.6) is 0 Å². The van der Waals surface area contributed by atoms with E-state index in [2.05, 4.69) is 4.98 Å². The molecular weight excluding hydrogens is 240 g/mol. The van der Waals surface area contributed by atoms with Crippen LogP contribution in [-0.4, -0.2) is 28.9 Å². The molecule has 0 bridgehead atoms. The molecule has 0 saturated carbocycles. The molecule has 1 aliphatic rings. The van der Waals surface area contributed by atoms with Crippen molar-refractivity contribution in [3.8, 4) is 0 Å². The minimum atomic E-state index is -0.196. The van der Waals surface area contributed by atoms with Gasteiger partial charge in [0.05, 0.1) is 0 Å². The van der Waals surface area contributed by atoms with E-state index in [9.17, 15) is 9.59 Å². The maximum atomic E-state index is 12.4. The average Bonchev–Trinajstić information content (AvgIpc) is 2.47. The molecule has 0 atom stereocenters. The number of hydrogen-bond acceptors (Lipinski definition) is 2. The van der Waals surface area contributed by atoms with Crippen molar-refractivity contribution in [1.29, 1.82) is 0 Å².